The van der Waals surface area contributed by atoms with Crippen LogP contribution in [0.3, 0.4) is 0 Å². The maximum atomic E-state index is 14.6. The zero-order valence-electron chi connectivity index (χ0n) is 17.3. The number of halogens is 2. The summed E-state index contributed by atoms with van der Waals surface area (Å²) in [5.41, 5.74) is 0.315. The minimum Gasteiger partial charge on any atom is -0.506 e. The molecule has 174 valence electrons. The number of rotatable bonds is 7. The van der Waals surface area contributed by atoms with E-state index in [4.69, 9.17) is 16.3 Å². The second-order valence-electron chi connectivity index (χ2n) is 7.62. The number of nitrogens with zero attached hydrogens (tertiary/aromatic N) is 1. The highest BCUT2D eigenvalue weighted by molar-refractivity contribution is 7.89. The second kappa shape index (κ2) is 9.60. The largest absolute Gasteiger partial charge is 0.506 e. The van der Waals surface area contributed by atoms with Crippen LogP contribution in [-0.4, -0.2) is 43.7 Å². The van der Waals surface area contributed by atoms with E-state index in [1.54, 1.807) is 24.3 Å². The summed E-state index contributed by atoms with van der Waals surface area (Å²) in [5, 5.41) is 13.6. The van der Waals surface area contributed by atoms with Gasteiger partial charge in [0.25, 0.3) is 5.91 Å². The van der Waals surface area contributed by atoms with Gasteiger partial charge in [-0.3, -0.25) is 9.78 Å². The van der Waals surface area contributed by atoms with Gasteiger partial charge in [0, 0.05) is 36.3 Å². The van der Waals surface area contributed by atoms with Crippen molar-refractivity contribution in [2.24, 2.45) is 0 Å². The summed E-state index contributed by atoms with van der Waals surface area (Å²) in [4.78, 5) is 16.1. The molecule has 1 atom stereocenters. The van der Waals surface area contributed by atoms with Crippen molar-refractivity contribution in [1.29, 1.82) is 0 Å². The number of ether oxygens (including phenoxy) is 1. The Kier molecular flexibility index (Phi) is 6.80. The molecule has 1 aliphatic rings. The van der Waals surface area contributed by atoms with Gasteiger partial charge in [-0.25, -0.2) is 17.5 Å². The molecule has 1 aliphatic heterocycles. The highest BCUT2D eigenvalue weighted by Crippen LogP contribution is 2.31. The van der Waals surface area contributed by atoms with E-state index >= 15 is 0 Å². The maximum absolute atomic E-state index is 14.6. The van der Waals surface area contributed by atoms with E-state index in [1.807, 2.05) is 0 Å². The van der Waals surface area contributed by atoms with Gasteiger partial charge in [0.15, 0.2) is 5.82 Å². The first-order valence-electron chi connectivity index (χ1n) is 10.2. The summed E-state index contributed by atoms with van der Waals surface area (Å²) in [7, 11) is -4.08. The fraction of sp³-hybridized carbons (Fsp3) is 0.273. The van der Waals surface area contributed by atoms with Crippen molar-refractivity contribution in [2.45, 2.75) is 30.4 Å². The van der Waals surface area contributed by atoms with Gasteiger partial charge in [0.2, 0.25) is 10.0 Å². The molecule has 2 heterocycles. The fourth-order valence-electron chi connectivity index (χ4n) is 3.51. The summed E-state index contributed by atoms with van der Waals surface area (Å²) in [6.07, 6.45) is 2.38. The standard InChI is InChI=1S/C22H21ClFN3O5S/c23-14-5-3-13(4-6-14)10-26-22(29)18-12-25-20-17(21(18)28)8-16(9-19(20)24)33(30,31)27-11-15-2-1-7-32-15/h3-6,8-9,12,15,27H,1-2,7,10-11H2,(H,25,28)(H,26,29). The number of hydrogen-bond donors (Lipinski definition) is 3. The Balaban J connectivity index is 1.58. The smallest absolute Gasteiger partial charge is 0.256 e. The molecule has 1 aromatic heterocycles. The minimum absolute atomic E-state index is 0.0549. The van der Waals surface area contributed by atoms with Gasteiger partial charge in [-0.1, -0.05) is 23.7 Å². The third-order valence-corrected chi connectivity index (χ3v) is 6.97. The van der Waals surface area contributed by atoms with E-state index in [1.165, 1.54) is 0 Å². The van der Waals surface area contributed by atoms with Gasteiger partial charge in [-0.2, -0.15) is 0 Å². The number of carbonyl (C=O) groups is 1. The Labute approximate surface area is 194 Å². The zero-order valence-corrected chi connectivity index (χ0v) is 18.9. The predicted octanol–water partition coefficient (Wildman–Crippen LogP) is 3.12. The van der Waals surface area contributed by atoms with Crippen LogP contribution in [0.25, 0.3) is 10.9 Å². The highest BCUT2D eigenvalue weighted by atomic mass is 35.5. The molecule has 1 amide bonds. The molecular weight excluding hydrogens is 473 g/mol. The Hall–Kier alpha value is -2.79. The number of nitrogens with one attached hydrogen (secondary N) is 2. The highest BCUT2D eigenvalue weighted by Gasteiger charge is 2.24. The van der Waals surface area contributed by atoms with Crippen LogP contribution in [-0.2, 0) is 21.3 Å². The Bertz CT molecular complexity index is 1300. The number of aromatic hydroxyl groups is 1. The van der Waals surface area contributed by atoms with Crippen LogP contribution in [0, 0.1) is 5.82 Å². The number of aromatic nitrogens is 1. The normalized spacial score (nSPS) is 16.2. The average Bonchev–Trinajstić information content (AvgIpc) is 3.31. The van der Waals surface area contributed by atoms with Crippen molar-refractivity contribution >= 4 is 38.4 Å². The van der Waals surface area contributed by atoms with Crippen molar-refractivity contribution in [3.63, 3.8) is 0 Å². The minimum atomic E-state index is -4.08. The molecule has 0 aliphatic carbocycles. The van der Waals surface area contributed by atoms with E-state index in [0.717, 1.165) is 36.7 Å². The number of pyridine rings is 1. The molecule has 0 saturated carbocycles. The third kappa shape index (κ3) is 5.25. The van der Waals surface area contributed by atoms with Crippen LogP contribution in [0.1, 0.15) is 28.8 Å². The van der Waals surface area contributed by atoms with Crippen molar-refractivity contribution in [3.8, 4) is 5.75 Å². The zero-order chi connectivity index (χ0) is 23.6. The first kappa shape index (κ1) is 23.4. The van der Waals surface area contributed by atoms with Crippen molar-refractivity contribution in [1.82, 2.24) is 15.0 Å². The molecule has 3 aromatic rings. The molecule has 0 spiro atoms. The lowest BCUT2D eigenvalue weighted by atomic mass is 10.1. The first-order chi connectivity index (χ1) is 15.7. The van der Waals surface area contributed by atoms with Crippen molar-refractivity contribution < 1.29 is 27.4 Å². The van der Waals surface area contributed by atoms with Crippen molar-refractivity contribution in [3.05, 3.63) is 64.6 Å². The molecule has 1 fully saturated rings. The molecule has 0 bridgehead atoms. The third-order valence-electron chi connectivity index (χ3n) is 5.32. The molecule has 2 aromatic carbocycles. The molecule has 11 heteroatoms. The molecule has 4 rings (SSSR count). The van der Waals surface area contributed by atoms with Gasteiger partial charge >= 0.3 is 0 Å². The van der Waals surface area contributed by atoms with E-state index in [0.29, 0.717) is 11.6 Å². The van der Waals surface area contributed by atoms with E-state index in [9.17, 15) is 22.7 Å². The summed E-state index contributed by atoms with van der Waals surface area (Å²) in [6, 6.07) is 8.74. The molecule has 33 heavy (non-hydrogen) atoms. The Morgan fingerprint density at radius 1 is 1.27 bits per heavy atom. The summed E-state index contributed by atoms with van der Waals surface area (Å²) < 4.78 is 47.8. The molecule has 1 saturated heterocycles. The maximum Gasteiger partial charge on any atom is 0.256 e. The topological polar surface area (TPSA) is 118 Å². The Morgan fingerprint density at radius 2 is 2.03 bits per heavy atom. The lowest BCUT2D eigenvalue weighted by Gasteiger charge is -2.13. The predicted molar refractivity (Wildman–Crippen MR) is 120 cm³/mol. The lowest BCUT2D eigenvalue weighted by molar-refractivity contribution is 0.0948. The number of benzene rings is 2. The Morgan fingerprint density at radius 3 is 2.73 bits per heavy atom. The van der Waals surface area contributed by atoms with Gasteiger partial charge in [-0.15, -0.1) is 0 Å². The van der Waals surface area contributed by atoms with Gasteiger partial charge in [0.1, 0.15) is 16.8 Å². The van der Waals surface area contributed by atoms with Gasteiger partial charge < -0.3 is 15.2 Å². The van der Waals surface area contributed by atoms with E-state index in [2.05, 4.69) is 15.0 Å². The molecule has 1 unspecified atom stereocenters. The molecule has 3 N–H and O–H groups in total. The SMILES string of the molecule is O=C(NCc1ccc(Cl)cc1)c1cnc2c(F)cc(S(=O)(=O)NCC3CCCO3)cc2c1O. The summed E-state index contributed by atoms with van der Waals surface area (Å²) >= 11 is 5.84. The number of fused-ring (bicyclic) bond motifs is 1. The van der Waals surface area contributed by atoms with Crippen LogP contribution in [0.4, 0.5) is 4.39 Å². The van der Waals surface area contributed by atoms with Crippen LogP contribution >= 0.6 is 11.6 Å². The van der Waals surface area contributed by atoms with Gasteiger partial charge in [0.05, 0.1) is 11.0 Å². The average molecular weight is 494 g/mol. The van der Waals surface area contributed by atoms with Gasteiger partial charge in [-0.05, 0) is 42.7 Å². The lowest BCUT2D eigenvalue weighted by Crippen LogP contribution is -2.31. The first-order valence-corrected chi connectivity index (χ1v) is 12.1. The number of carbonyl (C=O) groups excluding carboxylic acids is 1. The molecular formula is C22H21ClFN3O5S. The molecule has 8 nitrogen and oxygen atoms in total. The van der Waals surface area contributed by atoms with Crippen LogP contribution in [0.2, 0.25) is 5.02 Å². The quantitative estimate of drug-likeness (QED) is 0.465. The summed E-state index contributed by atoms with van der Waals surface area (Å²) in [6.45, 7) is 0.780. The fourth-order valence-corrected chi connectivity index (χ4v) is 4.74. The summed E-state index contributed by atoms with van der Waals surface area (Å²) in [5.74, 6) is -2.15. The van der Waals surface area contributed by atoms with Crippen molar-refractivity contribution in [2.75, 3.05) is 13.2 Å². The monoisotopic (exact) mass is 493 g/mol. The molecule has 0 radical (unpaired) electrons. The van der Waals surface area contributed by atoms with Crippen LogP contribution in [0.5, 0.6) is 5.75 Å². The number of amides is 1. The van der Waals surface area contributed by atoms with E-state index in [-0.39, 0.29) is 40.6 Å². The second-order valence-corrected chi connectivity index (χ2v) is 9.82. The number of hydrogen-bond acceptors (Lipinski definition) is 6. The van der Waals surface area contributed by atoms with E-state index < -0.39 is 27.5 Å². The van der Waals surface area contributed by atoms with Crippen LogP contribution in [0.15, 0.2) is 47.5 Å². The van der Waals surface area contributed by atoms with Crippen LogP contribution < -0.4 is 10.0 Å². The number of sulfonamides is 1.